The Morgan fingerprint density at radius 2 is 2.24 bits per heavy atom. The van der Waals surface area contributed by atoms with Crippen molar-refractivity contribution in [2.24, 2.45) is 0 Å². The molecule has 7 heteroatoms. The van der Waals surface area contributed by atoms with E-state index in [0.29, 0.717) is 21.6 Å². The quantitative estimate of drug-likeness (QED) is 0.436. The SMILES string of the molecule is CCCOc1c(I)cc(/C=C2\SC(=S)NC2=O)cc1OC. The maximum Gasteiger partial charge on any atom is 0.263 e. The second kappa shape index (κ2) is 7.46. The van der Waals surface area contributed by atoms with Crippen molar-refractivity contribution in [2.45, 2.75) is 13.3 Å². The molecule has 0 atom stereocenters. The minimum atomic E-state index is -0.162. The first-order valence-electron chi connectivity index (χ1n) is 6.30. The van der Waals surface area contributed by atoms with Crippen LogP contribution in [0.3, 0.4) is 0 Å². The van der Waals surface area contributed by atoms with Gasteiger partial charge in [-0.2, -0.15) is 0 Å². The number of rotatable bonds is 5. The van der Waals surface area contributed by atoms with Crippen molar-refractivity contribution in [2.75, 3.05) is 13.7 Å². The molecule has 0 radical (unpaired) electrons. The highest BCUT2D eigenvalue weighted by atomic mass is 127. The molecule has 1 aromatic rings. The van der Waals surface area contributed by atoms with Gasteiger partial charge in [0.05, 0.1) is 22.2 Å². The van der Waals surface area contributed by atoms with Gasteiger partial charge in [0.2, 0.25) is 0 Å². The molecular formula is C14H14INO3S2. The van der Waals surface area contributed by atoms with Gasteiger partial charge in [0.15, 0.2) is 11.5 Å². The zero-order chi connectivity index (χ0) is 15.4. The van der Waals surface area contributed by atoms with Crippen molar-refractivity contribution < 1.29 is 14.3 Å². The highest BCUT2D eigenvalue weighted by Crippen LogP contribution is 2.35. The summed E-state index contributed by atoms with van der Waals surface area (Å²) in [7, 11) is 1.60. The van der Waals surface area contributed by atoms with Crippen LogP contribution in [0.5, 0.6) is 11.5 Å². The van der Waals surface area contributed by atoms with E-state index in [1.54, 1.807) is 13.2 Å². The number of carbonyl (C=O) groups excluding carboxylic acids is 1. The Hall–Kier alpha value is -0.800. The Morgan fingerprint density at radius 3 is 2.81 bits per heavy atom. The van der Waals surface area contributed by atoms with Crippen molar-refractivity contribution in [1.82, 2.24) is 5.32 Å². The lowest BCUT2D eigenvalue weighted by Crippen LogP contribution is -2.17. The van der Waals surface area contributed by atoms with Crippen LogP contribution in [0.1, 0.15) is 18.9 Å². The lowest BCUT2D eigenvalue weighted by Gasteiger charge is -2.13. The van der Waals surface area contributed by atoms with Gasteiger partial charge in [0.1, 0.15) is 4.32 Å². The minimum Gasteiger partial charge on any atom is -0.493 e. The maximum absolute atomic E-state index is 11.7. The van der Waals surface area contributed by atoms with Crippen LogP contribution < -0.4 is 14.8 Å². The van der Waals surface area contributed by atoms with Gasteiger partial charge in [-0.15, -0.1) is 0 Å². The Morgan fingerprint density at radius 1 is 1.48 bits per heavy atom. The average Bonchev–Trinajstić information content (AvgIpc) is 2.75. The molecule has 112 valence electrons. The first-order valence-corrected chi connectivity index (χ1v) is 8.60. The summed E-state index contributed by atoms with van der Waals surface area (Å²) < 4.78 is 12.5. The highest BCUT2D eigenvalue weighted by molar-refractivity contribution is 14.1. The third-order valence-corrected chi connectivity index (χ3v) is 4.61. The molecule has 0 aromatic heterocycles. The summed E-state index contributed by atoms with van der Waals surface area (Å²) >= 11 is 8.44. The number of amides is 1. The third kappa shape index (κ3) is 4.10. The molecule has 0 spiro atoms. The predicted octanol–water partition coefficient (Wildman–Crippen LogP) is 3.58. The Bertz CT molecular complexity index is 616. The second-order valence-electron chi connectivity index (χ2n) is 4.23. The normalized spacial score (nSPS) is 16.2. The maximum atomic E-state index is 11.7. The summed E-state index contributed by atoms with van der Waals surface area (Å²) in [5.74, 6) is 1.24. The van der Waals surface area contributed by atoms with Crippen LogP contribution in [0, 0.1) is 3.57 Å². The number of halogens is 1. The molecule has 1 aliphatic heterocycles. The second-order valence-corrected chi connectivity index (χ2v) is 7.12. The van der Waals surface area contributed by atoms with E-state index in [1.807, 2.05) is 12.1 Å². The first kappa shape index (κ1) is 16.6. The molecule has 4 nitrogen and oxygen atoms in total. The van der Waals surface area contributed by atoms with Crippen molar-refractivity contribution in [3.05, 3.63) is 26.2 Å². The summed E-state index contributed by atoms with van der Waals surface area (Å²) in [6.07, 6.45) is 2.73. The molecule has 1 heterocycles. The predicted molar refractivity (Wildman–Crippen MR) is 97.8 cm³/mol. The molecule has 0 bridgehead atoms. The summed E-state index contributed by atoms with van der Waals surface area (Å²) in [6, 6.07) is 3.81. The monoisotopic (exact) mass is 435 g/mol. The van der Waals surface area contributed by atoms with E-state index >= 15 is 0 Å². The summed E-state index contributed by atoms with van der Waals surface area (Å²) in [5, 5.41) is 2.60. The van der Waals surface area contributed by atoms with Crippen molar-refractivity contribution in [3.8, 4) is 11.5 Å². The van der Waals surface area contributed by atoms with Crippen molar-refractivity contribution >= 4 is 62.9 Å². The number of nitrogens with one attached hydrogen (secondary N) is 1. The number of thiocarbonyl (C=S) groups is 1. The molecule has 1 saturated heterocycles. The number of hydrogen-bond acceptors (Lipinski definition) is 5. The van der Waals surface area contributed by atoms with Gasteiger partial charge < -0.3 is 14.8 Å². The topological polar surface area (TPSA) is 47.6 Å². The minimum absolute atomic E-state index is 0.162. The Labute approximate surface area is 146 Å². The van der Waals surface area contributed by atoms with Crippen LogP contribution >= 0.6 is 46.6 Å². The van der Waals surface area contributed by atoms with Gasteiger partial charge in [0.25, 0.3) is 5.91 Å². The van der Waals surface area contributed by atoms with Crippen LogP contribution in [-0.2, 0) is 4.79 Å². The van der Waals surface area contributed by atoms with E-state index in [-0.39, 0.29) is 5.91 Å². The van der Waals surface area contributed by atoms with Crippen LogP contribution in [0.15, 0.2) is 17.0 Å². The van der Waals surface area contributed by atoms with E-state index in [9.17, 15) is 4.79 Å². The fourth-order valence-corrected chi connectivity index (χ4v) is 3.57. The van der Waals surface area contributed by atoms with E-state index < -0.39 is 0 Å². The number of methoxy groups -OCH3 is 1. The van der Waals surface area contributed by atoms with Gasteiger partial charge >= 0.3 is 0 Å². The summed E-state index contributed by atoms with van der Waals surface area (Å²) in [5.41, 5.74) is 0.877. The van der Waals surface area contributed by atoms with E-state index in [4.69, 9.17) is 21.7 Å². The Kier molecular flexibility index (Phi) is 5.88. The molecule has 0 saturated carbocycles. The molecule has 0 aliphatic carbocycles. The molecule has 2 rings (SSSR count). The van der Waals surface area contributed by atoms with E-state index in [0.717, 1.165) is 21.3 Å². The lowest BCUT2D eigenvalue weighted by atomic mass is 10.2. The van der Waals surface area contributed by atoms with Crippen LogP contribution in [0.25, 0.3) is 6.08 Å². The number of thioether (sulfide) groups is 1. The number of hydrogen-bond donors (Lipinski definition) is 1. The van der Waals surface area contributed by atoms with Crippen molar-refractivity contribution in [3.63, 3.8) is 0 Å². The number of ether oxygens (including phenoxy) is 2. The number of benzene rings is 1. The smallest absolute Gasteiger partial charge is 0.263 e. The largest absolute Gasteiger partial charge is 0.493 e. The molecule has 1 fully saturated rings. The van der Waals surface area contributed by atoms with Crippen LogP contribution in [0.2, 0.25) is 0 Å². The molecule has 1 aromatic carbocycles. The number of carbonyl (C=O) groups is 1. The molecule has 1 aliphatic rings. The van der Waals surface area contributed by atoms with Gasteiger partial charge in [-0.1, -0.05) is 30.9 Å². The molecule has 1 amide bonds. The van der Waals surface area contributed by atoms with Gasteiger partial charge in [-0.05, 0) is 52.8 Å². The zero-order valence-electron chi connectivity index (χ0n) is 11.6. The lowest BCUT2D eigenvalue weighted by molar-refractivity contribution is -0.115. The van der Waals surface area contributed by atoms with Crippen molar-refractivity contribution in [1.29, 1.82) is 0 Å². The third-order valence-electron chi connectivity index (χ3n) is 2.64. The fraction of sp³-hybridized carbons (Fsp3) is 0.286. The van der Waals surface area contributed by atoms with Crippen LogP contribution in [0.4, 0.5) is 0 Å². The molecule has 1 N–H and O–H groups in total. The standard InChI is InChI=1S/C14H14INO3S2/c1-3-4-19-12-9(15)5-8(6-10(12)18-2)7-11-13(17)16-14(20)21-11/h5-7H,3-4H2,1-2H3,(H,16,17,20)/b11-7-. The van der Waals surface area contributed by atoms with E-state index in [2.05, 4.69) is 34.8 Å². The summed E-state index contributed by atoms with van der Waals surface area (Å²) in [6.45, 7) is 2.69. The van der Waals surface area contributed by atoms with E-state index in [1.165, 1.54) is 11.8 Å². The molecular weight excluding hydrogens is 421 g/mol. The molecule has 0 unspecified atom stereocenters. The zero-order valence-corrected chi connectivity index (χ0v) is 15.4. The fourth-order valence-electron chi connectivity index (χ4n) is 1.74. The first-order chi connectivity index (χ1) is 10.0. The Balaban J connectivity index is 2.34. The van der Waals surface area contributed by atoms with Gasteiger partial charge in [-0.3, -0.25) is 4.79 Å². The van der Waals surface area contributed by atoms with Gasteiger partial charge in [-0.25, -0.2) is 0 Å². The average molecular weight is 435 g/mol. The van der Waals surface area contributed by atoms with Crippen LogP contribution in [-0.4, -0.2) is 23.9 Å². The molecule has 21 heavy (non-hydrogen) atoms. The van der Waals surface area contributed by atoms with Gasteiger partial charge in [0, 0.05) is 0 Å². The summed E-state index contributed by atoms with van der Waals surface area (Å²) in [4.78, 5) is 12.3. The highest BCUT2D eigenvalue weighted by Gasteiger charge is 2.22.